The summed E-state index contributed by atoms with van der Waals surface area (Å²) in [6.45, 7) is 3.64. The van der Waals surface area contributed by atoms with Gasteiger partial charge in [0.05, 0.1) is 13.2 Å². The first-order chi connectivity index (χ1) is 20.7. The third-order valence-electron chi connectivity index (χ3n) is 7.09. The molecular weight excluding hydrogens is 584 g/mol. The molecule has 2 fully saturated rings. The van der Waals surface area contributed by atoms with Crippen molar-refractivity contribution in [3.05, 3.63) is 29.8 Å². The fourth-order valence-corrected chi connectivity index (χ4v) is 4.36. The first kappa shape index (κ1) is 36.1. The van der Waals surface area contributed by atoms with Gasteiger partial charge in [-0.1, -0.05) is 44.7 Å². The second kappa shape index (κ2) is 15.8. The molecule has 9 N–H and O–H groups in total. The number of benzene rings is 1. The fraction of sp³-hybridized carbons (Fsp3) is 0.667. The Morgan fingerprint density at radius 2 is 1.11 bits per heavy atom. The zero-order valence-electron chi connectivity index (χ0n) is 24.7. The van der Waals surface area contributed by atoms with E-state index in [4.69, 9.17) is 23.7 Å². The molecule has 10 atom stereocenters. The monoisotopic (exact) mass is 626 g/mol. The molecule has 0 aliphatic carbocycles. The van der Waals surface area contributed by atoms with Crippen LogP contribution in [0.3, 0.4) is 0 Å². The number of hydrogen-bond donors (Lipinski definition) is 9. The fourth-order valence-electron chi connectivity index (χ4n) is 4.36. The molecule has 2 heterocycles. The maximum absolute atomic E-state index is 11.2. The minimum absolute atomic E-state index is 0.0852. The van der Waals surface area contributed by atoms with Crippen molar-refractivity contribution in [2.24, 2.45) is 0 Å². The largest absolute Gasteiger partial charge is 0.488 e. The van der Waals surface area contributed by atoms with Gasteiger partial charge in [-0.15, -0.1) is 0 Å². The maximum atomic E-state index is 11.2. The van der Waals surface area contributed by atoms with Gasteiger partial charge in [-0.2, -0.15) is 0 Å². The summed E-state index contributed by atoms with van der Waals surface area (Å²) in [6, 6.07) is 7.22. The smallest absolute Gasteiger partial charge is 0.222 e. The molecule has 2 saturated heterocycles. The second-order valence-electron chi connectivity index (χ2n) is 11.5. The van der Waals surface area contributed by atoms with E-state index in [1.165, 1.54) is 0 Å². The van der Waals surface area contributed by atoms with Crippen LogP contribution in [0.5, 0.6) is 5.75 Å². The molecule has 1 aromatic carbocycles. The van der Waals surface area contributed by atoms with E-state index >= 15 is 0 Å². The first-order valence-electron chi connectivity index (χ1n) is 14.0. The maximum Gasteiger partial charge on any atom is 0.222 e. The zero-order chi connectivity index (χ0) is 32.7. The standard InChI is InChI=1S/C30H42O14/c1-29(2,3)17-6-8-18(9-7-17)42-16-30(39,10-4-12-40-27-25(37)23(35)21(33)19(14-31)43-27)11-5-13-41-28-26(38)24(36)22(34)20(15-32)44-28/h6-9,19-28,31-39H,12-16H2,1-3H3/t19-,20-,21-,22-,23+,24+,25+,26+,27+,28+/m1/s1. The van der Waals surface area contributed by atoms with Crippen LogP contribution in [0, 0.1) is 23.7 Å². The van der Waals surface area contributed by atoms with E-state index in [2.05, 4.69) is 44.5 Å². The van der Waals surface area contributed by atoms with Crippen molar-refractivity contribution in [2.45, 2.75) is 93.2 Å². The lowest BCUT2D eigenvalue weighted by molar-refractivity contribution is -0.298. The Morgan fingerprint density at radius 3 is 1.50 bits per heavy atom. The molecule has 44 heavy (non-hydrogen) atoms. The topological polar surface area (TPSA) is 228 Å². The molecule has 0 unspecified atom stereocenters. The normalized spacial score (nSPS) is 32.6. The van der Waals surface area contributed by atoms with Crippen molar-refractivity contribution in [1.29, 1.82) is 0 Å². The van der Waals surface area contributed by atoms with E-state index in [0.29, 0.717) is 5.75 Å². The highest BCUT2D eigenvalue weighted by Gasteiger charge is 2.45. The SMILES string of the molecule is CC(C)(C)c1ccc(OCC(O)(C#CCO[C@H]2O[C@H](CO)[C@@H](O)[C@H](O)[C@@H]2O)C#CCO[C@H]2O[C@H](CO)[C@@H](O)[C@H](O)[C@@H]2O)cc1. The number of aliphatic hydroxyl groups is 9. The van der Waals surface area contributed by atoms with Gasteiger partial charge in [-0.25, -0.2) is 0 Å². The van der Waals surface area contributed by atoms with Crippen LogP contribution in [0.25, 0.3) is 0 Å². The number of aliphatic hydroxyl groups excluding tert-OH is 8. The molecule has 2 aliphatic rings. The van der Waals surface area contributed by atoms with Crippen molar-refractivity contribution in [1.82, 2.24) is 0 Å². The van der Waals surface area contributed by atoms with Crippen molar-refractivity contribution >= 4 is 0 Å². The second-order valence-corrected chi connectivity index (χ2v) is 11.5. The summed E-state index contributed by atoms with van der Waals surface area (Å²) in [7, 11) is 0. The Bertz CT molecular complexity index is 1100. The Hall–Kier alpha value is -2.38. The van der Waals surface area contributed by atoms with Gasteiger partial charge >= 0.3 is 0 Å². The van der Waals surface area contributed by atoms with Crippen LogP contribution in [0.2, 0.25) is 0 Å². The summed E-state index contributed by atoms with van der Waals surface area (Å²) in [6.07, 6.45) is -14.8. The number of hydrogen-bond acceptors (Lipinski definition) is 14. The van der Waals surface area contributed by atoms with E-state index in [1.807, 2.05) is 12.1 Å². The molecule has 0 amide bonds. The van der Waals surface area contributed by atoms with E-state index < -0.39 is 100 Å². The predicted molar refractivity (Wildman–Crippen MR) is 151 cm³/mol. The first-order valence-corrected chi connectivity index (χ1v) is 14.0. The Labute approximate surface area is 255 Å². The summed E-state index contributed by atoms with van der Waals surface area (Å²) >= 11 is 0. The average molecular weight is 627 g/mol. The van der Waals surface area contributed by atoms with Crippen molar-refractivity contribution in [3.63, 3.8) is 0 Å². The number of rotatable bonds is 9. The minimum atomic E-state index is -2.10. The molecule has 1 aromatic rings. The molecule has 0 bridgehead atoms. The van der Waals surface area contributed by atoms with Crippen molar-refractivity contribution in [3.8, 4) is 29.4 Å². The quantitative estimate of drug-likeness (QED) is 0.123. The molecular formula is C30H42O14. The Balaban J connectivity index is 1.70. The lowest BCUT2D eigenvalue weighted by Gasteiger charge is -2.39. The van der Waals surface area contributed by atoms with Crippen molar-refractivity contribution in [2.75, 3.05) is 33.0 Å². The third kappa shape index (κ3) is 9.32. The van der Waals surface area contributed by atoms with Gasteiger partial charge in [0.15, 0.2) is 12.6 Å². The molecule has 0 spiro atoms. The highest BCUT2D eigenvalue weighted by molar-refractivity contribution is 5.33. The molecule has 0 aromatic heterocycles. The van der Waals surface area contributed by atoms with Gasteiger partial charge < -0.3 is 69.6 Å². The summed E-state index contributed by atoms with van der Waals surface area (Å²) in [4.78, 5) is 0. The van der Waals surface area contributed by atoms with Crippen LogP contribution in [0.4, 0.5) is 0 Å². The minimum Gasteiger partial charge on any atom is -0.488 e. The van der Waals surface area contributed by atoms with Gasteiger partial charge in [-0.05, 0) is 35.0 Å². The molecule has 246 valence electrons. The van der Waals surface area contributed by atoms with E-state index in [9.17, 15) is 46.0 Å². The third-order valence-corrected chi connectivity index (χ3v) is 7.09. The summed E-state index contributed by atoms with van der Waals surface area (Å²) < 4.78 is 26.9. The van der Waals surface area contributed by atoms with Gasteiger partial charge in [0, 0.05) is 0 Å². The summed E-state index contributed by atoms with van der Waals surface area (Å²) in [5.74, 6) is 10.5. The van der Waals surface area contributed by atoms with E-state index in [1.54, 1.807) is 12.1 Å². The van der Waals surface area contributed by atoms with Crippen LogP contribution in [0.1, 0.15) is 26.3 Å². The molecule has 14 heteroatoms. The predicted octanol–water partition coefficient (Wildman–Crippen LogP) is -3.27. The highest BCUT2D eigenvalue weighted by Crippen LogP contribution is 2.25. The Kier molecular flexibility index (Phi) is 12.9. The van der Waals surface area contributed by atoms with Crippen LogP contribution >= 0.6 is 0 Å². The van der Waals surface area contributed by atoms with Crippen LogP contribution in [0.15, 0.2) is 24.3 Å². The average Bonchev–Trinajstić information content (AvgIpc) is 3.00. The summed E-state index contributed by atoms with van der Waals surface area (Å²) in [5, 5.41) is 89.8. The summed E-state index contributed by atoms with van der Waals surface area (Å²) in [5.41, 5.74) is -1.12. The van der Waals surface area contributed by atoms with Crippen LogP contribution in [-0.4, -0.2) is 146 Å². The highest BCUT2D eigenvalue weighted by atomic mass is 16.7. The molecule has 2 aliphatic heterocycles. The van der Waals surface area contributed by atoms with Gasteiger partial charge in [0.2, 0.25) is 5.60 Å². The van der Waals surface area contributed by atoms with Crippen LogP contribution < -0.4 is 4.74 Å². The zero-order valence-corrected chi connectivity index (χ0v) is 24.7. The molecule has 14 nitrogen and oxygen atoms in total. The van der Waals surface area contributed by atoms with Gasteiger partial charge in [-0.3, -0.25) is 0 Å². The Morgan fingerprint density at radius 1 is 0.682 bits per heavy atom. The lowest BCUT2D eigenvalue weighted by atomic mass is 9.87. The molecule has 0 saturated carbocycles. The molecule has 3 rings (SSSR count). The van der Waals surface area contributed by atoms with E-state index in [-0.39, 0.29) is 5.41 Å². The van der Waals surface area contributed by atoms with E-state index in [0.717, 1.165) is 5.56 Å². The number of ether oxygens (including phenoxy) is 5. The van der Waals surface area contributed by atoms with Gasteiger partial charge in [0.25, 0.3) is 0 Å². The molecule has 0 radical (unpaired) electrons. The van der Waals surface area contributed by atoms with Crippen LogP contribution in [-0.2, 0) is 24.4 Å². The lowest BCUT2D eigenvalue weighted by Crippen LogP contribution is -2.59. The van der Waals surface area contributed by atoms with Crippen molar-refractivity contribution < 1.29 is 69.6 Å². The van der Waals surface area contributed by atoms with Gasteiger partial charge in [0.1, 0.15) is 74.4 Å².